The zero-order chi connectivity index (χ0) is 13.9. The average molecular weight is 272 g/mol. The lowest BCUT2D eigenvalue weighted by Crippen LogP contribution is -2.38. The average Bonchev–Trinajstić information content (AvgIpc) is 2.43. The smallest absolute Gasteiger partial charge is 0.196 e. The quantitative estimate of drug-likeness (QED) is 0.803. The summed E-state index contributed by atoms with van der Waals surface area (Å²) in [5.74, 6) is -0.268. The normalized spacial score (nSPS) is 14.7. The van der Waals surface area contributed by atoms with E-state index in [1.807, 2.05) is 0 Å². The standard InChI is InChI=1S/C16H13FO3/c17-15-7-2-1-6-14(15)16(18)11-4-3-5-12(8-11)20-13-9-19-10-13/h1-8,13H,9-10H2. The number of ketones is 1. The number of benzene rings is 2. The van der Waals surface area contributed by atoms with E-state index in [4.69, 9.17) is 9.47 Å². The molecule has 0 radical (unpaired) electrons. The maximum atomic E-state index is 13.6. The van der Waals surface area contributed by atoms with Crippen molar-refractivity contribution in [2.45, 2.75) is 6.10 Å². The van der Waals surface area contributed by atoms with Crippen molar-refractivity contribution >= 4 is 5.78 Å². The van der Waals surface area contributed by atoms with Crippen molar-refractivity contribution < 1.29 is 18.7 Å². The summed E-state index contributed by atoms with van der Waals surface area (Å²) in [4.78, 5) is 12.3. The SMILES string of the molecule is O=C(c1cccc(OC2COC2)c1)c1ccccc1F. The van der Waals surface area contributed by atoms with Crippen LogP contribution in [0, 0.1) is 5.82 Å². The molecular formula is C16H13FO3. The number of carbonyl (C=O) groups excluding carboxylic acids is 1. The molecule has 1 fully saturated rings. The number of carbonyl (C=O) groups is 1. The first-order valence-corrected chi connectivity index (χ1v) is 6.38. The van der Waals surface area contributed by atoms with Crippen molar-refractivity contribution in [1.82, 2.24) is 0 Å². The highest BCUT2D eigenvalue weighted by Gasteiger charge is 2.20. The van der Waals surface area contributed by atoms with Gasteiger partial charge < -0.3 is 9.47 Å². The molecule has 3 rings (SSSR count). The van der Waals surface area contributed by atoms with E-state index < -0.39 is 5.82 Å². The Kier molecular flexibility index (Phi) is 3.48. The van der Waals surface area contributed by atoms with E-state index in [-0.39, 0.29) is 17.5 Å². The topological polar surface area (TPSA) is 35.5 Å². The van der Waals surface area contributed by atoms with Crippen LogP contribution < -0.4 is 4.74 Å². The molecule has 0 saturated carbocycles. The van der Waals surface area contributed by atoms with Crippen LogP contribution in [0.25, 0.3) is 0 Å². The van der Waals surface area contributed by atoms with Gasteiger partial charge >= 0.3 is 0 Å². The summed E-state index contributed by atoms with van der Waals surface area (Å²) in [5, 5.41) is 0. The number of hydrogen-bond acceptors (Lipinski definition) is 3. The van der Waals surface area contributed by atoms with Gasteiger partial charge in [0.1, 0.15) is 17.7 Å². The van der Waals surface area contributed by atoms with Gasteiger partial charge in [-0.15, -0.1) is 0 Å². The van der Waals surface area contributed by atoms with Gasteiger partial charge in [-0.3, -0.25) is 4.79 Å². The van der Waals surface area contributed by atoms with Crippen molar-refractivity contribution in [3.05, 3.63) is 65.5 Å². The van der Waals surface area contributed by atoms with Gasteiger partial charge in [-0.25, -0.2) is 4.39 Å². The minimum absolute atomic E-state index is 0.0359. The monoisotopic (exact) mass is 272 g/mol. The van der Waals surface area contributed by atoms with Gasteiger partial charge in [-0.2, -0.15) is 0 Å². The number of hydrogen-bond donors (Lipinski definition) is 0. The van der Waals surface area contributed by atoms with Crippen molar-refractivity contribution in [2.24, 2.45) is 0 Å². The molecule has 0 N–H and O–H groups in total. The summed E-state index contributed by atoms with van der Waals surface area (Å²) >= 11 is 0. The molecule has 20 heavy (non-hydrogen) atoms. The fraction of sp³-hybridized carbons (Fsp3) is 0.188. The molecule has 1 aliphatic heterocycles. The largest absolute Gasteiger partial charge is 0.486 e. The van der Waals surface area contributed by atoms with Gasteiger partial charge in [-0.05, 0) is 24.3 Å². The molecule has 1 aliphatic rings. The summed E-state index contributed by atoms with van der Waals surface area (Å²) < 4.78 is 24.3. The molecule has 0 aliphatic carbocycles. The second kappa shape index (κ2) is 5.43. The second-order valence-electron chi connectivity index (χ2n) is 4.61. The van der Waals surface area contributed by atoms with Gasteiger partial charge in [0.2, 0.25) is 0 Å². The van der Waals surface area contributed by atoms with Crippen LogP contribution >= 0.6 is 0 Å². The van der Waals surface area contributed by atoms with Gasteiger partial charge in [0, 0.05) is 5.56 Å². The van der Waals surface area contributed by atoms with Gasteiger partial charge in [-0.1, -0.05) is 24.3 Å². The van der Waals surface area contributed by atoms with Gasteiger partial charge in [0.15, 0.2) is 5.78 Å². The summed E-state index contributed by atoms with van der Waals surface area (Å²) in [7, 11) is 0. The Bertz CT molecular complexity index is 635. The first-order valence-electron chi connectivity index (χ1n) is 6.38. The molecule has 0 amide bonds. The Hall–Kier alpha value is -2.20. The molecule has 1 heterocycles. The van der Waals surface area contributed by atoms with E-state index >= 15 is 0 Å². The van der Waals surface area contributed by atoms with Crippen molar-refractivity contribution in [3.8, 4) is 5.75 Å². The molecule has 2 aromatic rings. The van der Waals surface area contributed by atoms with Crippen molar-refractivity contribution in [1.29, 1.82) is 0 Å². The van der Waals surface area contributed by atoms with E-state index in [0.717, 1.165) is 0 Å². The third-order valence-corrected chi connectivity index (χ3v) is 3.12. The molecule has 1 saturated heterocycles. The maximum absolute atomic E-state index is 13.6. The van der Waals surface area contributed by atoms with Crippen molar-refractivity contribution in [3.63, 3.8) is 0 Å². The predicted octanol–water partition coefficient (Wildman–Crippen LogP) is 2.83. The van der Waals surface area contributed by atoms with Gasteiger partial charge in [0.05, 0.1) is 18.8 Å². The zero-order valence-electron chi connectivity index (χ0n) is 10.7. The van der Waals surface area contributed by atoms with E-state index in [1.165, 1.54) is 12.1 Å². The number of halogens is 1. The van der Waals surface area contributed by atoms with Crippen LogP contribution in [0.5, 0.6) is 5.75 Å². The molecule has 0 unspecified atom stereocenters. The second-order valence-corrected chi connectivity index (χ2v) is 4.61. The van der Waals surface area contributed by atoms with E-state index in [9.17, 15) is 9.18 Å². The molecule has 102 valence electrons. The molecule has 0 atom stereocenters. The highest BCUT2D eigenvalue weighted by Crippen LogP contribution is 2.20. The molecule has 0 spiro atoms. The summed E-state index contributed by atoms with van der Waals surface area (Å²) in [5.41, 5.74) is 0.476. The van der Waals surface area contributed by atoms with Crippen LogP contribution in [0.4, 0.5) is 4.39 Å². The minimum atomic E-state index is -0.517. The van der Waals surface area contributed by atoms with Crippen LogP contribution in [-0.4, -0.2) is 25.1 Å². The Labute approximate surface area is 115 Å². The first kappa shape index (κ1) is 12.8. The maximum Gasteiger partial charge on any atom is 0.196 e. The third kappa shape index (κ3) is 2.56. The fourth-order valence-electron chi connectivity index (χ4n) is 1.99. The first-order chi connectivity index (χ1) is 9.74. The summed E-state index contributed by atoms with van der Waals surface area (Å²) in [6.45, 7) is 1.12. The predicted molar refractivity (Wildman–Crippen MR) is 71.5 cm³/mol. The Morgan fingerprint density at radius 3 is 2.65 bits per heavy atom. The lowest BCUT2D eigenvalue weighted by molar-refractivity contribution is -0.0796. The summed E-state index contributed by atoms with van der Waals surface area (Å²) in [6, 6.07) is 12.7. The lowest BCUT2D eigenvalue weighted by atomic mass is 10.0. The Morgan fingerprint density at radius 1 is 1.15 bits per heavy atom. The van der Waals surface area contributed by atoms with Crippen LogP contribution in [0.3, 0.4) is 0 Å². The number of rotatable bonds is 4. The van der Waals surface area contributed by atoms with Crippen LogP contribution in [0.2, 0.25) is 0 Å². The number of ether oxygens (including phenoxy) is 2. The highest BCUT2D eigenvalue weighted by atomic mass is 19.1. The molecule has 3 nitrogen and oxygen atoms in total. The van der Waals surface area contributed by atoms with Crippen molar-refractivity contribution in [2.75, 3.05) is 13.2 Å². The molecule has 2 aromatic carbocycles. The third-order valence-electron chi connectivity index (χ3n) is 3.12. The Morgan fingerprint density at radius 2 is 1.95 bits per heavy atom. The summed E-state index contributed by atoms with van der Waals surface area (Å²) in [6.07, 6.45) is 0.0359. The highest BCUT2D eigenvalue weighted by molar-refractivity contribution is 6.09. The van der Waals surface area contributed by atoms with Crippen LogP contribution in [0.1, 0.15) is 15.9 Å². The van der Waals surface area contributed by atoms with E-state index in [2.05, 4.69) is 0 Å². The molecule has 0 bridgehead atoms. The van der Waals surface area contributed by atoms with E-state index in [1.54, 1.807) is 36.4 Å². The molecular weight excluding hydrogens is 259 g/mol. The molecule has 4 heteroatoms. The lowest BCUT2D eigenvalue weighted by Gasteiger charge is -2.26. The van der Waals surface area contributed by atoms with Gasteiger partial charge in [0.25, 0.3) is 0 Å². The van der Waals surface area contributed by atoms with Crippen LogP contribution in [-0.2, 0) is 4.74 Å². The Balaban J connectivity index is 1.84. The minimum Gasteiger partial charge on any atom is -0.486 e. The van der Waals surface area contributed by atoms with E-state index in [0.29, 0.717) is 24.5 Å². The fourth-order valence-corrected chi connectivity index (χ4v) is 1.99. The molecule has 0 aromatic heterocycles. The van der Waals surface area contributed by atoms with Crippen LogP contribution in [0.15, 0.2) is 48.5 Å². The zero-order valence-corrected chi connectivity index (χ0v) is 10.7.